The molecule has 15 heteroatoms. The highest BCUT2D eigenvalue weighted by Gasteiger charge is 2.41. The summed E-state index contributed by atoms with van der Waals surface area (Å²) in [7, 11) is 0. The standard InChI is InChI=1S/C28H33F2N5O8/c1-17-4-9-41-22-15-34-14-20(26(37)32-13-18-2-3-19(29)12-21(18)30)24(36)25(23(34)27(38)35(17)22)42-16-43-28(39)31-5-6-33-7-10-40-11-8-33/h2-3,12,14,17,22H,4-11,13,15-16H2,1H3,(H,31,39)(H,32,37)/t17-,22+/m1/s1. The zero-order valence-electron chi connectivity index (χ0n) is 23.6. The lowest BCUT2D eigenvalue weighted by molar-refractivity contribution is -0.112. The van der Waals surface area contributed by atoms with Gasteiger partial charge in [-0.1, -0.05) is 6.07 Å². The number of ether oxygens (including phenoxy) is 4. The second-order valence-corrected chi connectivity index (χ2v) is 10.4. The number of hydrogen-bond acceptors (Lipinski definition) is 9. The Bertz CT molecular complexity index is 1430. The van der Waals surface area contributed by atoms with Crippen LogP contribution < -0.4 is 20.8 Å². The molecule has 0 radical (unpaired) electrons. The highest BCUT2D eigenvalue weighted by molar-refractivity contribution is 5.99. The van der Waals surface area contributed by atoms with Crippen molar-refractivity contribution in [1.82, 2.24) is 25.0 Å². The van der Waals surface area contributed by atoms with Crippen molar-refractivity contribution in [3.05, 3.63) is 63.1 Å². The van der Waals surface area contributed by atoms with Gasteiger partial charge in [-0.25, -0.2) is 13.6 Å². The predicted octanol–water partition coefficient (Wildman–Crippen LogP) is 1.04. The van der Waals surface area contributed by atoms with Crippen molar-refractivity contribution in [2.75, 3.05) is 52.8 Å². The van der Waals surface area contributed by atoms with Crippen LogP contribution >= 0.6 is 0 Å². The number of carbonyl (C=O) groups excluding carboxylic acids is 3. The van der Waals surface area contributed by atoms with Gasteiger partial charge in [0.15, 0.2) is 11.9 Å². The summed E-state index contributed by atoms with van der Waals surface area (Å²) in [4.78, 5) is 56.1. The molecule has 3 amide bonds. The Morgan fingerprint density at radius 3 is 2.67 bits per heavy atom. The van der Waals surface area contributed by atoms with Crippen LogP contribution in [0.2, 0.25) is 0 Å². The molecule has 2 fully saturated rings. The Morgan fingerprint density at radius 1 is 1.12 bits per heavy atom. The first-order chi connectivity index (χ1) is 20.7. The van der Waals surface area contributed by atoms with Crippen LogP contribution in [0.4, 0.5) is 13.6 Å². The van der Waals surface area contributed by atoms with Gasteiger partial charge >= 0.3 is 6.09 Å². The summed E-state index contributed by atoms with van der Waals surface area (Å²) in [5, 5.41) is 5.04. The summed E-state index contributed by atoms with van der Waals surface area (Å²) in [6.07, 6.45) is 0.396. The van der Waals surface area contributed by atoms with Gasteiger partial charge in [0.25, 0.3) is 11.8 Å². The zero-order chi connectivity index (χ0) is 30.5. The molecule has 5 rings (SSSR count). The Kier molecular flexibility index (Phi) is 9.52. The van der Waals surface area contributed by atoms with E-state index in [0.717, 1.165) is 19.2 Å². The van der Waals surface area contributed by atoms with Crippen LogP contribution in [-0.2, 0) is 27.3 Å². The maximum Gasteiger partial charge on any atom is 0.410 e. The average molecular weight is 606 g/mol. The van der Waals surface area contributed by atoms with E-state index in [9.17, 15) is 28.0 Å². The van der Waals surface area contributed by atoms with E-state index in [-0.39, 0.29) is 36.0 Å². The van der Waals surface area contributed by atoms with E-state index in [1.54, 1.807) is 0 Å². The second kappa shape index (κ2) is 13.5. The number of benzene rings is 1. The summed E-state index contributed by atoms with van der Waals surface area (Å²) >= 11 is 0. The van der Waals surface area contributed by atoms with Gasteiger partial charge in [0.1, 0.15) is 17.2 Å². The molecule has 232 valence electrons. The Labute approximate surface area is 245 Å². The molecule has 1 aromatic carbocycles. The molecule has 43 heavy (non-hydrogen) atoms. The van der Waals surface area contributed by atoms with Crippen molar-refractivity contribution < 1.29 is 42.1 Å². The molecule has 2 atom stereocenters. The number of amides is 3. The minimum Gasteiger partial charge on any atom is -0.451 e. The lowest BCUT2D eigenvalue weighted by atomic mass is 10.1. The van der Waals surface area contributed by atoms with Gasteiger partial charge in [0, 0.05) is 56.6 Å². The monoisotopic (exact) mass is 605 g/mol. The van der Waals surface area contributed by atoms with Crippen LogP contribution in [0.15, 0.2) is 29.2 Å². The molecular formula is C28H33F2N5O8. The minimum atomic E-state index is -0.919. The predicted molar refractivity (Wildman–Crippen MR) is 145 cm³/mol. The van der Waals surface area contributed by atoms with E-state index in [1.807, 2.05) is 6.92 Å². The number of aromatic nitrogens is 1. The molecule has 0 unspecified atom stereocenters. The summed E-state index contributed by atoms with van der Waals surface area (Å²) in [5.41, 5.74) is -1.41. The van der Waals surface area contributed by atoms with E-state index in [4.69, 9.17) is 18.9 Å². The molecule has 4 heterocycles. The molecule has 3 aliphatic heterocycles. The fraction of sp³-hybridized carbons (Fsp3) is 0.500. The van der Waals surface area contributed by atoms with Crippen LogP contribution in [-0.4, -0.2) is 97.3 Å². The van der Waals surface area contributed by atoms with Gasteiger partial charge in [-0.2, -0.15) is 0 Å². The quantitative estimate of drug-likeness (QED) is 0.401. The second-order valence-electron chi connectivity index (χ2n) is 10.4. The molecule has 1 aromatic heterocycles. The van der Waals surface area contributed by atoms with Gasteiger partial charge in [-0.3, -0.25) is 19.3 Å². The number of rotatable bonds is 9. The third-order valence-corrected chi connectivity index (χ3v) is 7.55. The first-order valence-corrected chi connectivity index (χ1v) is 14.0. The highest BCUT2D eigenvalue weighted by atomic mass is 19.1. The summed E-state index contributed by atoms with van der Waals surface area (Å²) < 4.78 is 50.5. The lowest BCUT2D eigenvalue weighted by Gasteiger charge is -2.44. The molecule has 0 saturated carbocycles. The van der Waals surface area contributed by atoms with E-state index < -0.39 is 53.7 Å². The number of fused-ring (bicyclic) bond motifs is 2. The first kappa shape index (κ1) is 30.4. The molecule has 3 aliphatic rings. The van der Waals surface area contributed by atoms with Gasteiger partial charge in [0.2, 0.25) is 18.0 Å². The smallest absolute Gasteiger partial charge is 0.410 e. The topological polar surface area (TPSA) is 141 Å². The van der Waals surface area contributed by atoms with E-state index in [2.05, 4.69) is 15.5 Å². The summed E-state index contributed by atoms with van der Waals surface area (Å²) in [5.74, 6) is -3.51. The molecule has 0 spiro atoms. The third-order valence-electron chi connectivity index (χ3n) is 7.55. The maximum absolute atomic E-state index is 14.1. The Balaban J connectivity index is 1.32. The number of carbonyl (C=O) groups is 3. The Hall–Kier alpha value is -4.08. The number of halogens is 2. The van der Waals surface area contributed by atoms with Crippen LogP contribution in [0.3, 0.4) is 0 Å². The number of morpholine rings is 1. The lowest BCUT2D eigenvalue weighted by Crippen LogP contribution is -2.57. The van der Waals surface area contributed by atoms with Crippen molar-refractivity contribution in [3.8, 4) is 5.75 Å². The SMILES string of the molecule is C[C@@H]1CCO[C@H]2Cn3cc(C(=O)NCc4ccc(F)cc4F)c(=O)c(OCOC(=O)NCCN4CCOCC4)c3C(=O)N12. The van der Waals surface area contributed by atoms with Crippen LogP contribution in [0.1, 0.15) is 39.8 Å². The minimum absolute atomic E-state index is 0.00716. The Morgan fingerprint density at radius 2 is 1.91 bits per heavy atom. The zero-order valence-corrected chi connectivity index (χ0v) is 23.6. The fourth-order valence-electron chi connectivity index (χ4n) is 5.21. The van der Waals surface area contributed by atoms with Gasteiger partial charge in [0.05, 0.1) is 26.4 Å². The number of nitrogens with zero attached hydrogens (tertiary/aromatic N) is 3. The molecule has 2 aromatic rings. The number of alkyl carbamates (subject to hydrolysis) is 1. The van der Waals surface area contributed by atoms with Gasteiger partial charge in [-0.15, -0.1) is 0 Å². The average Bonchev–Trinajstić information content (AvgIpc) is 2.98. The molecular weight excluding hydrogens is 572 g/mol. The molecule has 2 saturated heterocycles. The maximum atomic E-state index is 14.1. The van der Waals surface area contributed by atoms with Crippen molar-refractivity contribution in [2.45, 2.75) is 38.7 Å². The van der Waals surface area contributed by atoms with Crippen LogP contribution in [0, 0.1) is 11.6 Å². The highest BCUT2D eigenvalue weighted by Crippen LogP contribution is 2.30. The normalized spacial score (nSPS) is 20.2. The molecule has 13 nitrogen and oxygen atoms in total. The molecule has 0 aliphatic carbocycles. The fourth-order valence-corrected chi connectivity index (χ4v) is 5.21. The molecule has 0 bridgehead atoms. The number of pyridine rings is 1. The number of hydrogen-bond donors (Lipinski definition) is 2. The van der Waals surface area contributed by atoms with Crippen molar-refractivity contribution in [1.29, 1.82) is 0 Å². The number of nitrogens with one attached hydrogen (secondary N) is 2. The van der Waals surface area contributed by atoms with E-state index in [1.165, 1.54) is 21.7 Å². The summed E-state index contributed by atoms with van der Waals surface area (Å²) in [6.45, 7) is 5.04. The van der Waals surface area contributed by atoms with Gasteiger partial charge < -0.3 is 39.0 Å². The third kappa shape index (κ3) is 6.95. The van der Waals surface area contributed by atoms with Crippen molar-refractivity contribution in [2.24, 2.45) is 0 Å². The van der Waals surface area contributed by atoms with Crippen LogP contribution in [0.25, 0.3) is 0 Å². The van der Waals surface area contributed by atoms with E-state index >= 15 is 0 Å². The van der Waals surface area contributed by atoms with Crippen LogP contribution in [0.5, 0.6) is 5.75 Å². The largest absolute Gasteiger partial charge is 0.451 e. The van der Waals surface area contributed by atoms with E-state index in [0.29, 0.717) is 45.4 Å². The summed E-state index contributed by atoms with van der Waals surface area (Å²) in [6, 6.07) is 2.73. The van der Waals surface area contributed by atoms with Gasteiger partial charge in [-0.05, 0) is 19.4 Å². The first-order valence-electron chi connectivity index (χ1n) is 14.0. The van der Waals surface area contributed by atoms with Crippen molar-refractivity contribution in [3.63, 3.8) is 0 Å². The molecule has 2 N–H and O–H groups in total. The van der Waals surface area contributed by atoms with Crippen molar-refractivity contribution >= 4 is 17.9 Å².